The third kappa shape index (κ3) is 8.41. The Hall–Kier alpha value is -4.63. The maximum Gasteiger partial charge on any atom is 0.408 e. The van der Waals surface area contributed by atoms with Gasteiger partial charge in [0, 0.05) is 18.4 Å². The number of fused-ring (bicyclic) bond motifs is 5. The zero-order valence-electron chi connectivity index (χ0n) is 32.2. The second-order valence-corrected chi connectivity index (χ2v) is 18.5. The van der Waals surface area contributed by atoms with Gasteiger partial charge in [-0.25, -0.2) is 32.0 Å². The van der Waals surface area contributed by atoms with Crippen LogP contribution in [0.1, 0.15) is 84.3 Å². The van der Waals surface area contributed by atoms with Gasteiger partial charge in [0.1, 0.15) is 35.6 Å². The third-order valence-corrected chi connectivity index (χ3v) is 14.3. The highest BCUT2D eigenvalue weighted by Crippen LogP contribution is 2.50. The lowest BCUT2D eigenvalue weighted by Crippen LogP contribution is -2.59. The lowest BCUT2D eigenvalue weighted by atomic mass is 9.93. The van der Waals surface area contributed by atoms with Crippen LogP contribution in [-0.4, -0.2) is 101 Å². The molecule has 4 fully saturated rings. The Morgan fingerprint density at radius 3 is 2.42 bits per heavy atom. The zero-order chi connectivity index (χ0) is 42.8. The fourth-order valence-electron chi connectivity index (χ4n) is 8.04. The second-order valence-electron chi connectivity index (χ2n) is 16.3. The van der Waals surface area contributed by atoms with Crippen molar-refractivity contribution in [2.45, 2.75) is 132 Å². The van der Waals surface area contributed by atoms with E-state index in [0.29, 0.717) is 19.3 Å². The van der Waals surface area contributed by atoms with Crippen molar-refractivity contribution in [3.63, 3.8) is 0 Å². The van der Waals surface area contributed by atoms with Crippen LogP contribution in [-0.2, 0) is 35.1 Å². The number of sulfonamides is 1. The van der Waals surface area contributed by atoms with Crippen molar-refractivity contribution in [1.82, 2.24) is 30.2 Å². The minimum absolute atomic E-state index is 0.0147. The summed E-state index contributed by atoms with van der Waals surface area (Å²) in [6.45, 7) is 0.496. The Morgan fingerprint density at radius 2 is 1.78 bits per heavy atom. The van der Waals surface area contributed by atoms with E-state index in [1.807, 2.05) is 4.72 Å². The van der Waals surface area contributed by atoms with Gasteiger partial charge in [0.05, 0.1) is 28.2 Å². The van der Waals surface area contributed by atoms with Gasteiger partial charge >= 0.3 is 12.7 Å². The molecule has 1 aromatic heterocycles. The maximum atomic E-state index is 16.2. The van der Waals surface area contributed by atoms with Crippen molar-refractivity contribution in [3.05, 3.63) is 23.9 Å². The van der Waals surface area contributed by atoms with Gasteiger partial charge in [-0.15, -0.1) is 0 Å². The number of amides is 4. The Bertz CT molecular complexity index is 2130. The van der Waals surface area contributed by atoms with Gasteiger partial charge in [0.15, 0.2) is 5.69 Å². The number of hydrogen-bond acceptors (Lipinski definition) is 11. The first-order valence-corrected chi connectivity index (χ1v) is 20.9. The van der Waals surface area contributed by atoms with Crippen molar-refractivity contribution in [2.24, 2.45) is 17.8 Å². The number of hydrogen-bond donors (Lipinski definition) is 3. The molecule has 1 unspecified atom stereocenters. The molecule has 324 valence electrons. The molecule has 5 aliphatic rings. The first-order chi connectivity index (χ1) is 27.7. The molecule has 22 heteroatoms. The molecule has 0 radical (unpaired) electrons. The van der Waals surface area contributed by atoms with E-state index in [-0.39, 0.29) is 48.4 Å². The molecule has 4 amide bonds. The normalized spacial score (nSPS) is 31.4. The van der Waals surface area contributed by atoms with Crippen LogP contribution in [0.4, 0.5) is 31.1 Å². The van der Waals surface area contributed by atoms with Crippen molar-refractivity contribution in [2.75, 3.05) is 6.54 Å². The van der Waals surface area contributed by atoms with Gasteiger partial charge in [-0.2, -0.15) is 17.6 Å². The van der Waals surface area contributed by atoms with Gasteiger partial charge in [-0.3, -0.25) is 19.1 Å². The monoisotopic (exact) mass is 862 g/mol. The van der Waals surface area contributed by atoms with Crippen LogP contribution < -0.4 is 24.8 Å². The molecule has 3 saturated carbocycles. The lowest BCUT2D eigenvalue weighted by Gasteiger charge is -2.31. The number of aromatic nitrogens is 2. The largest absolute Gasteiger partial charge is 0.471 e. The van der Waals surface area contributed by atoms with Crippen LogP contribution in [0.25, 0.3) is 11.0 Å². The van der Waals surface area contributed by atoms with E-state index in [1.165, 1.54) is 19.9 Å². The van der Waals surface area contributed by atoms with E-state index in [2.05, 4.69) is 25.3 Å². The molecular formula is C37H44F6N6O9S. The van der Waals surface area contributed by atoms with Gasteiger partial charge in [-0.05, 0) is 76.8 Å². The van der Waals surface area contributed by atoms with E-state index in [9.17, 15) is 45.2 Å². The number of halogens is 6. The minimum atomic E-state index is -4.34. The van der Waals surface area contributed by atoms with Crippen LogP contribution in [0.5, 0.6) is 11.6 Å². The Kier molecular flexibility index (Phi) is 11.1. The Balaban J connectivity index is 1.26. The molecule has 1 aromatic carbocycles. The number of benzene rings is 1. The Labute approximate surface area is 334 Å². The second kappa shape index (κ2) is 15.4. The summed E-state index contributed by atoms with van der Waals surface area (Å²) < 4.78 is 130. The molecule has 15 nitrogen and oxygen atoms in total. The third-order valence-electron chi connectivity index (χ3n) is 12.1. The van der Waals surface area contributed by atoms with Crippen molar-refractivity contribution < 1.29 is 68.1 Å². The zero-order valence-corrected chi connectivity index (χ0v) is 33.0. The van der Waals surface area contributed by atoms with Crippen LogP contribution in [0.3, 0.4) is 0 Å². The van der Waals surface area contributed by atoms with Gasteiger partial charge in [0.25, 0.3) is 11.8 Å². The summed E-state index contributed by atoms with van der Waals surface area (Å²) in [6.07, 6.45) is -5.64. The number of carbonyl (C=O) groups is 4. The van der Waals surface area contributed by atoms with E-state index in [1.54, 1.807) is 6.92 Å². The van der Waals surface area contributed by atoms with Crippen molar-refractivity contribution >= 4 is 44.9 Å². The fourth-order valence-corrected chi connectivity index (χ4v) is 9.35. The first kappa shape index (κ1) is 42.5. The first-order valence-electron chi connectivity index (χ1n) is 19.4. The fraction of sp³-hybridized carbons (Fsp3) is 0.676. The van der Waals surface area contributed by atoms with Crippen LogP contribution in [0.15, 0.2) is 18.2 Å². The molecule has 7 rings (SSSR count). The molecule has 2 bridgehead atoms. The van der Waals surface area contributed by atoms with Crippen LogP contribution >= 0.6 is 0 Å². The smallest absolute Gasteiger partial charge is 0.408 e. The number of carbonyl (C=O) groups excluding carboxylic acids is 4. The molecule has 3 heterocycles. The SMILES string of the molecule is CC[C@@H]1[C@@H]2CN(C(=O)[C@H](C)NC(=O)O[C@@H]3C[C@H]3CCCCC(F)(F)c3nc4ccc(OC(F)F)cc4nc3O2)[C@@H]1C(=O)N[C@]1(C(=O)NS(=O)(=O)C2(C)CC2)CC1C(F)F. The van der Waals surface area contributed by atoms with E-state index < -0.39 is 130 Å². The molecule has 1 saturated heterocycles. The molecule has 2 aromatic rings. The summed E-state index contributed by atoms with van der Waals surface area (Å²) in [5, 5.41) is 4.75. The van der Waals surface area contributed by atoms with Crippen molar-refractivity contribution in [3.8, 4) is 11.6 Å². The highest BCUT2D eigenvalue weighted by atomic mass is 32.2. The average Bonchev–Trinajstić information content (AvgIpc) is 4.10. The van der Waals surface area contributed by atoms with Crippen LogP contribution in [0.2, 0.25) is 0 Å². The molecule has 59 heavy (non-hydrogen) atoms. The predicted molar refractivity (Wildman–Crippen MR) is 193 cm³/mol. The minimum Gasteiger partial charge on any atom is -0.471 e. The topological polar surface area (TPSA) is 195 Å². The summed E-state index contributed by atoms with van der Waals surface area (Å²) in [5.74, 6) is -11.2. The van der Waals surface area contributed by atoms with E-state index >= 15 is 8.78 Å². The van der Waals surface area contributed by atoms with E-state index in [4.69, 9.17) is 9.47 Å². The number of nitrogens with zero attached hydrogens (tertiary/aromatic N) is 3. The highest BCUT2D eigenvalue weighted by Gasteiger charge is 2.67. The Morgan fingerprint density at radius 1 is 1.05 bits per heavy atom. The lowest BCUT2D eigenvalue weighted by molar-refractivity contribution is -0.142. The molecular weight excluding hydrogens is 818 g/mol. The molecule has 3 aliphatic carbocycles. The molecule has 0 spiro atoms. The van der Waals surface area contributed by atoms with Gasteiger partial charge < -0.3 is 29.7 Å². The number of alkyl carbamates (subject to hydrolysis) is 1. The highest BCUT2D eigenvalue weighted by molar-refractivity contribution is 7.91. The summed E-state index contributed by atoms with van der Waals surface area (Å²) in [4.78, 5) is 64.3. The summed E-state index contributed by atoms with van der Waals surface area (Å²) >= 11 is 0. The maximum absolute atomic E-state index is 16.2. The quantitative estimate of drug-likeness (QED) is 0.300. The molecule has 8 atom stereocenters. The number of nitrogens with one attached hydrogen (secondary N) is 3. The number of ether oxygens (including phenoxy) is 3. The van der Waals surface area contributed by atoms with E-state index in [0.717, 1.165) is 17.0 Å². The van der Waals surface area contributed by atoms with Gasteiger partial charge in [0.2, 0.25) is 34.1 Å². The summed E-state index contributed by atoms with van der Waals surface area (Å²) in [7, 11) is -4.34. The number of rotatable bonds is 9. The molecule has 2 aliphatic heterocycles. The summed E-state index contributed by atoms with van der Waals surface area (Å²) in [6, 6.07) is 0.297. The average molecular weight is 863 g/mol. The predicted octanol–water partition coefficient (Wildman–Crippen LogP) is 4.52. The van der Waals surface area contributed by atoms with Crippen LogP contribution in [0, 0.1) is 17.8 Å². The summed E-state index contributed by atoms with van der Waals surface area (Å²) in [5.41, 5.74) is -3.57. The molecule has 3 N–H and O–H groups in total. The standard InChI is InChI=1S/C37H44F6N6O9S/c1-4-20-25-16-49(26(20)29(50)47-36(15-21(36)28(38)39)32(52)48-59(54,55)35(3)11-12-35)31(51)17(2)44-34(53)58-24-13-18(24)7-5-6-10-37(42,43)27-30(57-25)46-23-14-19(56-33(40)41)8-9-22(23)45-27/h8-9,14,17-18,20-21,24-26,28,33H,4-7,10-13,15-16H2,1-3H3,(H,44,53)(H,47,50)(H,48,52)/t17-,18+,20+,21?,24+,25-,26-,36+/m0/s1. The number of alkyl halides is 6. The van der Waals surface area contributed by atoms with Gasteiger partial charge in [-0.1, -0.05) is 13.3 Å². The van der Waals surface area contributed by atoms with Crippen molar-refractivity contribution in [1.29, 1.82) is 0 Å².